The SMILES string of the molecule is CCN(CC)CCNC(=O)c1ccn(Cn2cccn2)n1. The highest BCUT2D eigenvalue weighted by molar-refractivity contribution is 5.92. The summed E-state index contributed by atoms with van der Waals surface area (Å²) < 4.78 is 3.43. The number of aromatic nitrogens is 4. The minimum atomic E-state index is -0.138. The number of rotatable bonds is 8. The van der Waals surface area contributed by atoms with Gasteiger partial charge in [0.15, 0.2) is 0 Å². The maximum absolute atomic E-state index is 12.0. The van der Waals surface area contributed by atoms with Crippen molar-refractivity contribution in [2.75, 3.05) is 26.2 Å². The molecule has 0 spiro atoms. The molecule has 0 aliphatic carbocycles. The average molecular weight is 290 g/mol. The van der Waals surface area contributed by atoms with Crippen molar-refractivity contribution in [3.05, 3.63) is 36.4 Å². The van der Waals surface area contributed by atoms with Crippen LogP contribution in [0.1, 0.15) is 24.3 Å². The zero-order chi connectivity index (χ0) is 15.1. The Morgan fingerprint density at radius 1 is 1.29 bits per heavy atom. The molecule has 114 valence electrons. The quantitative estimate of drug-likeness (QED) is 0.775. The lowest BCUT2D eigenvalue weighted by atomic mass is 10.4. The highest BCUT2D eigenvalue weighted by atomic mass is 16.1. The van der Waals surface area contributed by atoms with Crippen LogP contribution in [0.2, 0.25) is 0 Å². The number of nitrogens with one attached hydrogen (secondary N) is 1. The molecule has 0 fully saturated rings. The van der Waals surface area contributed by atoms with Crippen molar-refractivity contribution in [3.63, 3.8) is 0 Å². The number of nitrogens with zero attached hydrogens (tertiary/aromatic N) is 5. The summed E-state index contributed by atoms with van der Waals surface area (Å²) in [6, 6.07) is 3.57. The van der Waals surface area contributed by atoms with Gasteiger partial charge >= 0.3 is 0 Å². The van der Waals surface area contributed by atoms with E-state index in [1.54, 1.807) is 27.8 Å². The Labute approximate surface area is 124 Å². The molecule has 21 heavy (non-hydrogen) atoms. The van der Waals surface area contributed by atoms with E-state index >= 15 is 0 Å². The van der Waals surface area contributed by atoms with Gasteiger partial charge in [0.1, 0.15) is 12.4 Å². The van der Waals surface area contributed by atoms with Crippen LogP contribution in [-0.2, 0) is 6.67 Å². The normalized spacial score (nSPS) is 11.0. The molecule has 0 radical (unpaired) electrons. The van der Waals surface area contributed by atoms with Gasteiger partial charge in [0, 0.05) is 31.7 Å². The highest BCUT2D eigenvalue weighted by Crippen LogP contribution is 1.97. The fourth-order valence-corrected chi connectivity index (χ4v) is 2.05. The summed E-state index contributed by atoms with van der Waals surface area (Å²) in [5.74, 6) is -0.138. The van der Waals surface area contributed by atoms with E-state index in [4.69, 9.17) is 0 Å². The summed E-state index contributed by atoms with van der Waals surface area (Å²) in [7, 11) is 0. The Morgan fingerprint density at radius 2 is 2.10 bits per heavy atom. The first-order valence-corrected chi connectivity index (χ1v) is 7.24. The maximum Gasteiger partial charge on any atom is 0.271 e. The molecule has 7 nitrogen and oxygen atoms in total. The minimum Gasteiger partial charge on any atom is -0.349 e. The molecule has 0 unspecified atom stereocenters. The van der Waals surface area contributed by atoms with Crippen molar-refractivity contribution in [2.45, 2.75) is 20.5 Å². The van der Waals surface area contributed by atoms with Crippen LogP contribution >= 0.6 is 0 Å². The first-order valence-electron chi connectivity index (χ1n) is 7.24. The molecule has 2 rings (SSSR count). The molecule has 0 aromatic carbocycles. The van der Waals surface area contributed by atoms with Crippen LogP contribution in [0.3, 0.4) is 0 Å². The predicted octanol–water partition coefficient (Wildman–Crippen LogP) is 0.657. The molecule has 2 aromatic rings. The molecular weight excluding hydrogens is 268 g/mol. The molecule has 1 amide bonds. The van der Waals surface area contributed by atoms with Gasteiger partial charge in [0.05, 0.1) is 0 Å². The third kappa shape index (κ3) is 4.42. The monoisotopic (exact) mass is 290 g/mol. The van der Waals surface area contributed by atoms with Gasteiger partial charge < -0.3 is 10.2 Å². The zero-order valence-corrected chi connectivity index (χ0v) is 12.6. The van der Waals surface area contributed by atoms with Crippen molar-refractivity contribution >= 4 is 5.91 Å². The van der Waals surface area contributed by atoms with Crippen LogP contribution in [0.5, 0.6) is 0 Å². The smallest absolute Gasteiger partial charge is 0.271 e. The van der Waals surface area contributed by atoms with Gasteiger partial charge in [-0.3, -0.25) is 14.2 Å². The first-order chi connectivity index (χ1) is 10.2. The molecule has 0 bridgehead atoms. The second-order valence-corrected chi connectivity index (χ2v) is 4.71. The third-order valence-corrected chi connectivity index (χ3v) is 3.33. The highest BCUT2D eigenvalue weighted by Gasteiger charge is 2.09. The summed E-state index contributed by atoms with van der Waals surface area (Å²) >= 11 is 0. The number of hydrogen-bond acceptors (Lipinski definition) is 4. The van der Waals surface area contributed by atoms with Crippen molar-refractivity contribution in [2.24, 2.45) is 0 Å². The van der Waals surface area contributed by atoms with Gasteiger partial charge in [-0.05, 0) is 25.2 Å². The molecule has 2 heterocycles. The lowest BCUT2D eigenvalue weighted by Gasteiger charge is -2.17. The largest absolute Gasteiger partial charge is 0.349 e. The van der Waals surface area contributed by atoms with Gasteiger partial charge in [-0.25, -0.2) is 0 Å². The lowest BCUT2D eigenvalue weighted by Crippen LogP contribution is -2.35. The Bertz CT molecular complexity index is 544. The number of carbonyl (C=O) groups is 1. The van der Waals surface area contributed by atoms with Gasteiger partial charge in [0.25, 0.3) is 5.91 Å². The number of hydrogen-bond donors (Lipinski definition) is 1. The summed E-state index contributed by atoms with van der Waals surface area (Å²) in [5, 5.41) is 11.2. The van der Waals surface area contributed by atoms with Crippen LogP contribution in [-0.4, -0.2) is 56.5 Å². The van der Waals surface area contributed by atoms with Crippen LogP contribution in [0.15, 0.2) is 30.7 Å². The minimum absolute atomic E-state index is 0.138. The average Bonchev–Trinajstić information content (AvgIpc) is 3.16. The Hall–Kier alpha value is -2.15. The van der Waals surface area contributed by atoms with E-state index in [-0.39, 0.29) is 5.91 Å². The Balaban J connectivity index is 1.81. The second kappa shape index (κ2) is 7.58. The van der Waals surface area contributed by atoms with E-state index in [2.05, 4.69) is 34.3 Å². The fraction of sp³-hybridized carbons (Fsp3) is 0.500. The molecule has 0 saturated heterocycles. The van der Waals surface area contributed by atoms with Crippen molar-refractivity contribution in [3.8, 4) is 0 Å². The maximum atomic E-state index is 12.0. The molecule has 0 aliphatic rings. The topological polar surface area (TPSA) is 68.0 Å². The summed E-state index contributed by atoms with van der Waals surface area (Å²) in [6.07, 6.45) is 5.34. The second-order valence-electron chi connectivity index (χ2n) is 4.71. The van der Waals surface area contributed by atoms with Gasteiger partial charge in [0.2, 0.25) is 0 Å². The van der Waals surface area contributed by atoms with Crippen molar-refractivity contribution in [1.29, 1.82) is 0 Å². The fourth-order valence-electron chi connectivity index (χ4n) is 2.05. The van der Waals surface area contributed by atoms with E-state index in [0.29, 0.717) is 18.9 Å². The number of likely N-dealkylation sites (N-methyl/N-ethyl adjacent to an activating group) is 1. The molecule has 7 heteroatoms. The van der Waals surface area contributed by atoms with Gasteiger partial charge in [-0.2, -0.15) is 10.2 Å². The Morgan fingerprint density at radius 3 is 2.76 bits per heavy atom. The van der Waals surface area contributed by atoms with Crippen LogP contribution in [0.25, 0.3) is 0 Å². The van der Waals surface area contributed by atoms with E-state index in [0.717, 1.165) is 19.6 Å². The van der Waals surface area contributed by atoms with Crippen LogP contribution in [0.4, 0.5) is 0 Å². The number of carbonyl (C=O) groups excluding carboxylic acids is 1. The number of amides is 1. The first kappa shape index (κ1) is 15.2. The molecule has 2 aromatic heterocycles. The molecule has 0 atom stereocenters. The van der Waals surface area contributed by atoms with Crippen molar-refractivity contribution in [1.82, 2.24) is 29.8 Å². The standard InChI is InChI=1S/C14H22N6O/c1-3-18(4-2)11-8-15-14(21)13-6-10-20(17-13)12-19-9-5-7-16-19/h5-7,9-10H,3-4,8,11-12H2,1-2H3,(H,15,21). The third-order valence-electron chi connectivity index (χ3n) is 3.33. The summed E-state index contributed by atoms with van der Waals surface area (Å²) in [5.41, 5.74) is 0.432. The Kier molecular flexibility index (Phi) is 5.51. The van der Waals surface area contributed by atoms with Crippen LogP contribution < -0.4 is 5.32 Å². The summed E-state index contributed by atoms with van der Waals surface area (Å²) in [6.45, 7) is 8.19. The molecule has 0 saturated carbocycles. The lowest BCUT2D eigenvalue weighted by molar-refractivity contribution is 0.0943. The van der Waals surface area contributed by atoms with E-state index < -0.39 is 0 Å². The molecule has 1 N–H and O–H groups in total. The van der Waals surface area contributed by atoms with Crippen LogP contribution in [0, 0.1) is 0 Å². The van der Waals surface area contributed by atoms with E-state index in [9.17, 15) is 4.79 Å². The zero-order valence-electron chi connectivity index (χ0n) is 12.6. The van der Waals surface area contributed by atoms with E-state index in [1.807, 2.05) is 12.3 Å². The predicted molar refractivity (Wildman–Crippen MR) is 80.0 cm³/mol. The molecular formula is C14H22N6O. The van der Waals surface area contributed by atoms with Gasteiger partial charge in [-0.1, -0.05) is 13.8 Å². The van der Waals surface area contributed by atoms with E-state index in [1.165, 1.54) is 0 Å². The molecule has 0 aliphatic heterocycles. The summed E-state index contributed by atoms with van der Waals surface area (Å²) in [4.78, 5) is 14.3. The van der Waals surface area contributed by atoms with Crippen molar-refractivity contribution < 1.29 is 4.79 Å². The van der Waals surface area contributed by atoms with Gasteiger partial charge in [-0.15, -0.1) is 0 Å².